The van der Waals surface area contributed by atoms with Gasteiger partial charge in [0.25, 0.3) is 0 Å². The molecular weight excluding hydrogens is 278 g/mol. The highest BCUT2D eigenvalue weighted by Crippen LogP contribution is 2.21. The lowest BCUT2D eigenvalue weighted by atomic mass is 10.1. The van der Waals surface area contributed by atoms with Gasteiger partial charge in [0.1, 0.15) is 24.3 Å². The number of aromatic nitrogens is 1. The molecule has 0 aliphatic rings. The Kier molecular flexibility index (Phi) is 4.01. The Labute approximate surface area is 128 Å². The molecule has 0 amide bonds. The van der Waals surface area contributed by atoms with Gasteiger partial charge in [-0.3, -0.25) is 4.79 Å². The Morgan fingerprint density at radius 1 is 1.09 bits per heavy atom. The molecule has 3 rings (SSSR count). The maximum absolute atomic E-state index is 11.6. The SMILES string of the molecule is CC(=O)c1ccccc1OCc1coc(-c2ccccc2)n1. The van der Waals surface area contributed by atoms with E-state index in [-0.39, 0.29) is 12.4 Å². The van der Waals surface area contributed by atoms with Crippen LogP contribution in [-0.2, 0) is 6.61 Å². The molecule has 0 radical (unpaired) electrons. The van der Waals surface area contributed by atoms with Gasteiger partial charge in [-0.15, -0.1) is 0 Å². The van der Waals surface area contributed by atoms with Gasteiger partial charge < -0.3 is 9.15 Å². The third-order valence-electron chi connectivity index (χ3n) is 3.21. The number of para-hydroxylation sites is 1. The molecule has 0 spiro atoms. The predicted octanol–water partition coefficient (Wildman–Crippen LogP) is 4.12. The van der Waals surface area contributed by atoms with Crippen LogP contribution in [-0.4, -0.2) is 10.8 Å². The molecule has 1 aromatic heterocycles. The van der Waals surface area contributed by atoms with Crippen LogP contribution in [0, 0.1) is 0 Å². The first-order valence-electron chi connectivity index (χ1n) is 6.96. The van der Waals surface area contributed by atoms with Gasteiger partial charge in [0.05, 0.1) is 5.56 Å². The summed E-state index contributed by atoms with van der Waals surface area (Å²) >= 11 is 0. The molecule has 0 unspecified atom stereocenters. The first-order chi connectivity index (χ1) is 10.7. The van der Waals surface area contributed by atoms with Gasteiger partial charge in [0.2, 0.25) is 5.89 Å². The summed E-state index contributed by atoms with van der Waals surface area (Å²) in [6, 6.07) is 16.8. The largest absolute Gasteiger partial charge is 0.486 e. The van der Waals surface area contributed by atoms with Crippen LogP contribution >= 0.6 is 0 Å². The molecular formula is C18H15NO3. The molecule has 0 aliphatic heterocycles. The van der Waals surface area contributed by atoms with Gasteiger partial charge >= 0.3 is 0 Å². The summed E-state index contributed by atoms with van der Waals surface area (Å²) in [6.45, 7) is 1.77. The van der Waals surface area contributed by atoms with Gasteiger partial charge in [-0.05, 0) is 31.2 Å². The second kappa shape index (κ2) is 6.26. The molecule has 0 N–H and O–H groups in total. The van der Waals surface area contributed by atoms with Crippen molar-refractivity contribution in [3.8, 4) is 17.2 Å². The first kappa shape index (κ1) is 14.1. The fourth-order valence-electron chi connectivity index (χ4n) is 2.12. The molecule has 4 nitrogen and oxygen atoms in total. The summed E-state index contributed by atoms with van der Waals surface area (Å²) in [5.41, 5.74) is 2.16. The summed E-state index contributed by atoms with van der Waals surface area (Å²) in [7, 11) is 0. The number of ether oxygens (including phenoxy) is 1. The van der Waals surface area contributed by atoms with Crippen molar-refractivity contribution in [1.29, 1.82) is 0 Å². The molecule has 4 heteroatoms. The molecule has 2 aromatic carbocycles. The van der Waals surface area contributed by atoms with Crippen LogP contribution in [0.1, 0.15) is 23.0 Å². The van der Waals surface area contributed by atoms with Crippen LogP contribution in [0.2, 0.25) is 0 Å². The Balaban J connectivity index is 1.73. The van der Waals surface area contributed by atoms with E-state index in [2.05, 4.69) is 4.98 Å². The average molecular weight is 293 g/mol. The van der Waals surface area contributed by atoms with Gasteiger partial charge in [-0.25, -0.2) is 4.98 Å². The lowest BCUT2D eigenvalue weighted by Crippen LogP contribution is -2.01. The van der Waals surface area contributed by atoms with Crippen LogP contribution in [0.25, 0.3) is 11.5 Å². The zero-order chi connectivity index (χ0) is 15.4. The maximum atomic E-state index is 11.6. The Bertz CT molecular complexity index is 778. The number of rotatable bonds is 5. The fourth-order valence-corrected chi connectivity index (χ4v) is 2.12. The third kappa shape index (κ3) is 3.06. The van der Waals surface area contributed by atoms with Gasteiger partial charge in [0, 0.05) is 5.56 Å². The highest BCUT2D eigenvalue weighted by Gasteiger charge is 2.10. The zero-order valence-corrected chi connectivity index (χ0v) is 12.2. The van der Waals surface area contributed by atoms with Gasteiger partial charge in [0.15, 0.2) is 5.78 Å². The number of hydrogen-bond acceptors (Lipinski definition) is 4. The van der Waals surface area contributed by atoms with Crippen LogP contribution in [0.5, 0.6) is 5.75 Å². The van der Waals surface area contributed by atoms with E-state index in [0.717, 1.165) is 5.56 Å². The van der Waals surface area contributed by atoms with Crippen molar-refractivity contribution in [3.05, 3.63) is 72.1 Å². The maximum Gasteiger partial charge on any atom is 0.226 e. The van der Waals surface area contributed by atoms with Crippen molar-refractivity contribution in [2.24, 2.45) is 0 Å². The van der Waals surface area contributed by atoms with Crippen molar-refractivity contribution in [1.82, 2.24) is 4.98 Å². The molecule has 3 aromatic rings. The van der Waals surface area contributed by atoms with Gasteiger partial charge in [-0.2, -0.15) is 0 Å². The summed E-state index contributed by atoms with van der Waals surface area (Å²) < 4.78 is 11.1. The lowest BCUT2D eigenvalue weighted by molar-refractivity contribution is 0.101. The minimum Gasteiger partial charge on any atom is -0.486 e. The minimum atomic E-state index is -0.0271. The number of nitrogens with zero attached hydrogens (tertiary/aromatic N) is 1. The second-order valence-corrected chi connectivity index (χ2v) is 4.85. The fraction of sp³-hybridized carbons (Fsp3) is 0.111. The number of benzene rings is 2. The minimum absolute atomic E-state index is 0.0271. The van der Waals surface area contributed by atoms with Crippen molar-refractivity contribution < 1.29 is 13.9 Å². The summed E-state index contributed by atoms with van der Waals surface area (Å²) in [5, 5.41) is 0. The molecule has 0 aliphatic carbocycles. The van der Waals surface area contributed by atoms with Crippen LogP contribution in [0.4, 0.5) is 0 Å². The van der Waals surface area contributed by atoms with Crippen LogP contribution < -0.4 is 4.74 Å². The quantitative estimate of drug-likeness (QED) is 0.664. The molecule has 0 saturated carbocycles. The molecule has 1 heterocycles. The van der Waals surface area contributed by atoms with E-state index in [1.54, 1.807) is 18.4 Å². The average Bonchev–Trinajstić information content (AvgIpc) is 3.03. The monoisotopic (exact) mass is 293 g/mol. The molecule has 0 fully saturated rings. The number of ketones is 1. The number of carbonyl (C=O) groups excluding carboxylic acids is 1. The van der Waals surface area contributed by atoms with E-state index < -0.39 is 0 Å². The highest BCUT2D eigenvalue weighted by atomic mass is 16.5. The number of Topliss-reactive ketones (excluding diaryl/α,β-unsaturated/α-hetero) is 1. The van der Waals surface area contributed by atoms with Crippen molar-refractivity contribution in [3.63, 3.8) is 0 Å². The first-order valence-corrected chi connectivity index (χ1v) is 6.96. The Hall–Kier alpha value is -2.88. The molecule has 0 atom stereocenters. The van der Waals surface area contributed by atoms with Crippen molar-refractivity contribution in [2.75, 3.05) is 0 Å². The summed E-state index contributed by atoms with van der Waals surface area (Å²) in [6.07, 6.45) is 1.57. The zero-order valence-electron chi connectivity index (χ0n) is 12.2. The molecule has 110 valence electrons. The Morgan fingerprint density at radius 3 is 2.59 bits per heavy atom. The van der Waals surface area contributed by atoms with E-state index in [1.807, 2.05) is 42.5 Å². The standard InChI is InChI=1S/C18H15NO3/c1-13(20)16-9-5-6-10-17(16)21-11-15-12-22-18(19-15)14-7-3-2-4-8-14/h2-10,12H,11H2,1H3. The molecule has 0 saturated heterocycles. The summed E-state index contributed by atoms with van der Waals surface area (Å²) in [4.78, 5) is 15.9. The number of oxazole rings is 1. The smallest absolute Gasteiger partial charge is 0.226 e. The van der Waals surface area contributed by atoms with Gasteiger partial charge in [-0.1, -0.05) is 30.3 Å². The van der Waals surface area contributed by atoms with Crippen molar-refractivity contribution in [2.45, 2.75) is 13.5 Å². The normalized spacial score (nSPS) is 10.4. The molecule has 22 heavy (non-hydrogen) atoms. The molecule has 0 bridgehead atoms. The topological polar surface area (TPSA) is 52.3 Å². The lowest BCUT2D eigenvalue weighted by Gasteiger charge is -2.07. The predicted molar refractivity (Wildman–Crippen MR) is 82.7 cm³/mol. The Morgan fingerprint density at radius 2 is 1.82 bits per heavy atom. The van der Waals surface area contributed by atoms with E-state index >= 15 is 0 Å². The van der Waals surface area contributed by atoms with Crippen LogP contribution in [0.3, 0.4) is 0 Å². The third-order valence-corrected chi connectivity index (χ3v) is 3.21. The van der Waals surface area contributed by atoms with Crippen LogP contribution in [0.15, 0.2) is 65.3 Å². The van der Waals surface area contributed by atoms with E-state index in [1.165, 1.54) is 6.92 Å². The number of hydrogen-bond donors (Lipinski definition) is 0. The van der Waals surface area contributed by atoms with E-state index in [4.69, 9.17) is 9.15 Å². The second-order valence-electron chi connectivity index (χ2n) is 4.85. The van der Waals surface area contributed by atoms with E-state index in [0.29, 0.717) is 22.9 Å². The van der Waals surface area contributed by atoms with E-state index in [9.17, 15) is 4.79 Å². The van der Waals surface area contributed by atoms with Crippen molar-refractivity contribution >= 4 is 5.78 Å². The highest BCUT2D eigenvalue weighted by molar-refractivity contribution is 5.96. The number of carbonyl (C=O) groups is 1. The summed E-state index contributed by atoms with van der Waals surface area (Å²) in [5.74, 6) is 1.08.